The van der Waals surface area contributed by atoms with Crippen molar-refractivity contribution >= 4 is 23.5 Å². The number of carbonyl (C=O) groups excluding carboxylic acids is 3. The Hall–Kier alpha value is -3.35. The molecule has 0 radical (unpaired) electrons. The second kappa shape index (κ2) is 10.7. The van der Waals surface area contributed by atoms with E-state index in [0.717, 1.165) is 55.6 Å². The molecule has 0 saturated carbocycles. The SMILES string of the molecule is Cc1cc(C(=O)N2CCC(C)CC2)ccc1NC(=O)NCc1cccc(CN2CCCC2=O)c1. The number of aryl methyl sites for hydroxylation is 1. The molecule has 2 saturated heterocycles. The number of piperidine rings is 1. The van der Waals surface area contributed by atoms with Crippen LogP contribution >= 0.6 is 0 Å². The largest absolute Gasteiger partial charge is 0.339 e. The highest BCUT2D eigenvalue weighted by molar-refractivity contribution is 5.96. The van der Waals surface area contributed by atoms with E-state index in [1.165, 1.54) is 0 Å². The van der Waals surface area contributed by atoms with Crippen molar-refractivity contribution in [2.45, 2.75) is 52.6 Å². The molecule has 34 heavy (non-hydrogen) atoms. The molecule has 0 aliphatic carbocycles. The molecular weight excluding hydrogens is 428 g/mol. The standard InChI is InChI=1S/C27H34N4O3/c1-19-10-13-30(14-11-19)26(33)23-8-9-24(20(2)15-23)29-27(34)28-17-21-5-3-6-22(16-21)18-31-12-4-7-25(31)32/h3,5-6,8-9,15-16,19H,4,7,10-14,17-18H2,1-2H3,(H2,28,29,34). The molecule has 7 heteroatoms. The first-order valence-corrected chi connectivity index (χ1v) is 12.2. The molecule has 0 aromatic heterocycles. The molecule has 2 aliphatic heterocycles. The lowest BCUT2D eigenvalue weighted by Crippen LogP contribution is -2.37. The van der Waals surface area contributed by atoms with Crippen LogP contribution in [0.1, 0.15) is 59.7 Å². The molecule has 2 fully saturated rings. The number of rotatable bonds is 6. The maximum absolute atomic E-state index is 12.8. The van der Waals surface area contributed by atoms with Crippen molar-refractivity contribution in [1.29, 1.82) is 0 Å². The molecular formula is C27H34N4O3. The summed E-state index contributed by atoms with van der Waals surface area (Å²) in [6.45, 7) is 7.54. The molecule has 0 bridgehead atoms. The summed E-state index contributed by atoms with van der Waals surface area (Å²) in [5, 5.41) is 5.77. The van der Waals surface area contributed by atoms with Crippen LogP contribution < -0.4 is 10.6 Å². The molecule has 2 aliphatic rings. The Kier molecular flexibility index (Phi) is 7.50. The lowest BCUT2D eigenvalue weighted by atomic mass is 9.98. The number of likely N-dealkylation sites (tertiary alicyclic amines) is 2. The number of nitrogens with one attached hydrogen (secondary N) is 2. The van der Waals surface area contributed by atoms with Crippen LogP contribution in [0.5, 0.6) is 0 Å². The van der Waals surface area contributed by atoms with Crippen molar-refractivity contribution in [3.8, 4) is 0 Å². The number of hydrogen-bond donors (Lipinski definition) is 2. The van der Waals surface area contributed by atoms with Gasteiger partial charge < -0.3 is 20.4 Å². The molecule has 2 N–H and O–H groups in total. The first kappa shape index (κ1) is 23.8. The summed E-state index contributed by atoms with van der Waals surface area (Å²) >= 11 is 0. The topological polar surface area (TPSA) is 81.8 Å². The van der Waals surface area contributed by atoms with Crippen LogP contribution in [0.4, 0.5) is 10.5 Å². The van der Waals surface area contributed by atoms with E-state index in [0.29, 0.717) is 36.7 Å². The highest BCUT2D eigenvalue weighted by atomic mass is 16.2. The number of amides is 4. The van der Waals surface area contributed by atoms with Crippen molar-refractivity contribution in [3.05, 3.63) is 64.7 Å². The third-order valence-electron chi connectivity index (χ3n) is 6.78. The van der Waals surface area contributed by atoms with Crippen LogP contribution in [0.25, 0.3) is 0 Å². The number of anilines is 1. The summed E-state index contributed by atoms with van der Waals surface area (Å²) in [4.78, 5) is 41.0. The quantitative estimate of drug-likeness (QED) is 0.671. The van der Waals surface area contributed by atoms with Gasteiger partial charge in [-0.25, -0.2) is 4.79 Å². The molecule has 180 valence electrons. The molecule has 7 nitrogen and oxygen atoms in total. The van der Waals surface area contributed by atoms with E-state index in [1.54, 1.807) is 12.1 Å². The number of hydrogen-bond acceptors (Lipinski definition) is 3. The Bertz CT molecular complexity index is 1060. The summed E-state index contributed by atoms with van der Waals surface area (Å²) < 4.78 is 0. The Morgan fingerprint density at radius 3 is 2.50 bits per heavy atom. The molecule has 2 aromatic carbocycles. The van der Waals surface area contributed by atoms with Gasteiger partial charge in [0.1, 0.15) is 0 Å². The van der Waals surface area contributed by atoms with Crippen molar-refractivity contribution in [1.82, 2.24) is 15.1 Å². The van der Waals surface area contributed by atoms with Crippen LogP contribution in [0.3, 0.4) is 0 Å². The minimum absolute atomic E-state index is 0.0570. The predicted molar refractivity (Wildman–Crippen MR) is 132 cm³/mol. The van der Waals surface area contributed by atoms with Crippen LogP contribution in [-0.4, -0.2) is 47.3 Å². The molecule has 0 spiro atoms. The molecule has 4 rings (SSSR count). The summed E-state index contributed by atoms with van der Waals surface area (Å²) in [5.41, 5.74) is 4.24. The van der Waals surface area contributed by atoms with Gasteiger partial charge in [0.2, 0.25) is 5.91 Å². The Morgan fingerprint density at radius 2 is 1.79 bits per heavy atom. The van der Waals surface area contributed by atoms with Gasteiger partial charge in [0.05, 0.1) is 0 Å². The lowest BCUT2D eigenvalue weighted by Gasteiger charge is -2.30. The summed E-state index contributed by atoms with van der Waals surface area (Å²) in [6, 6.07) is 13.1. The van der Waals surface area contributed by atoms with E-state index in [9.17, 15) is 14.4 Å². The van der Waals surface area contributed by atoms with Crippen molar-refractivity contribution < 1.29 is 14.4 Å². The maximum Gasteiger partial charge on any atom is 0.319 e. The zero-order valence-corrected chi connectivity index (χ0v) is 20.1. The Labute approximate surface area is 201 Å². The van der Waals surface area contributed by atoms with Crippen molar-refractivity contribution in [2.75, 3.05) is 25.0 Å². The first-order chi connectivity index (χ1) is 16.4. The first-order valence-electron chi connectivity index (χ1n) is 12.2. The summed E-state index contributed by atoms with van der Waals surface area (Å²) in [7, 11) is 0. The Morgan fingerprint density at radius 1 is 1.03 bits per heavy atom. The smallest absolute Gasteiger partial charge is 0.319 e. The highest BCUT2D eigenvalue weighted by Crippen LogP contribution is 2.21. The van der Waals surface area contributed by atoms with Gasteiger partial charge in [-0.1, -0.05) is 31.2 Å². The average Bonchev–Trinajstić information content (AvgIpc) is 3.23. The monoisotopic (exact) mass is 462 g/mol. The van der Waals surface area contributed by atoms with Gasteiger partial charge in [0, 0.05) is 50.4 Å². The molecule has 2 heterocycles. The van der Waals surface area contributed by atoms with Crippen LogP contribution in [0.15, 0.2) is 42.5 Å². The normalized spacial score (nSPS) is 16.6. The van der Waals surface area contributed by atoms with Gasteiger partial charge >= 0.3 is 6.03 Å². The summed E-state index contributed by atoms with van der Waals surface area (Å²) in [5.74, 6) is 0.936. The Balaban J connectivity index is 1.29. The highest BCUT2D eigenvalue weighted by Gasteiger charge is 2.22. The third kappa shape index (κ3) is 5.95. The molecule has 0 unspecified atom stereocenters. The predicted octanol–water partition coefficient (Wildman–Crippen LogP) is 4.31. The minimum atomic E-state index is -0.299. The van der Waals surface area contributed by atoms with Gasteiger partial charge in [0.25, 0.3) is 5.91 Å². The van der Waals surface area contributed by atoms with Crippen LogP contribution in [0, 0.1) is 12.8 Å². The van der Waals surface area contributed by atoms with Gasteiger partial charge in [-0.3, -0.25) is 9.59 Å². The second-order valence-electron chi connectivity index (χ2n) is 9.55. The van der Waals surface area contributed by atoms with Crippen molar-refractivity contribution in [2.24, 2.45) is 5.92 Å². The zero-order valence-electron chi connectivity index (χ0n) is 20.1. The fourth-order valence-corrected chi connectivity index (χ4v) is 4.61. The number of nitrogens with zero attached hydrogens (tertiary/aromatic N) is 2. The number of benzene rings is 2. The number of urea groups is 1. The van der Waals surface area contributed by atoms with E-state index >= 15 is 0 Å². The maximum atomic E-state index is 12.8. The van der Waals surface area contributed by atoms with Crippen molar-refractivity contribution in [3.63, 3.8) is 0 Å². The van der Waals surface area contributed by atoms with E-state index in [2.05, 4.69) is 17.6 Å². The fourth-order valence-electron chi connectivity index (χ4n) is 4.61. The van der Waals surface area contributed by atoms with E-state index in [1.807, 2.05) is 47.1 Å². The van der Waals surface area contributed by atoms with E-state index in [-0.39, 0.29) is 17.8 Å². The van der Waals surface area contributed by atoms with Crippen LogP contribution in [0.2, 0.25) is 0 Å². The molecule has 0 atom stereocenters. The third-order valence-corrected chi connectivity index (χ3v) is 6.78. The van der Waals surface area contributed by atoms with E-state index < -0.39 is 0 Å². The number of carbonyl (C=O) groups is 3. The second-order valence-corrected chi connectivity index (χ2v) is 9.55. The molecule has 4 amide bonds. The lowest BCUT2D eigenvalue weighted by molar-refractivity contribution is -0.128. The minimum Gasteiger partial charge on any atom is -0.339 e. The average molecular weight is 463 g/mol. The zero-order chi connectivity index (χ0) is 24.1. The van der Waals surface area contributed by atoms with Gasteiger partial charge in [-0.15, -0.1) is 0 Å². The fraction of sp³-hybridized carbons (Fsp3) is 0.444. The van der Waals surface area contributed by atoms with Gasteiger partial charge in [0.15, 0.2) is 0 Å². The summed E-state index contributed by atoms with van der Waals surface area (Å²) in [6.07, 6.45) is 3.65. The van der Waals surface area contributed by atoms with Gasteiger partial charge in [-0.2, -0.15) is 0 Å². The van der Waals surface area contributed by atoms with Gasteiger partial charge in [-0.05, 0) is 67.0 Å². The molecule has 2 aromatic rings. The van der Waals surface area contributed by atoms with E-state index in [4.69, 9.17) is 0 Å². The van der Waals surface area contributed by atoms with Crippen LogP contribution in [-0.2, 0) is 17.9 Å².